The summed E-state index contributed by atoms with van der Waals surface area (Å²) in [7, 11) is 0. The van der Waals surface area contributed by atoms with Crippen molar-refractivity contribution in [2.24, 2.45) is 5.10 Å². The highest BCUT2D eigenvalue weighted by atomic mass is 16.3. The summed E-state index contributed by atoms with van der Waals surface area (Å²) in [5.41, 5.74) is 4.73. The summed E-state index contributed by atoms with van der Waals surface area (Å²) >= 11 is 0. The van der Waals surface area contributed by atoms with Crippen molar-refractivity contribution in [1.82, 2.24) is 5.01 Å². The molecule has 130 valence electrons. The van der Waals surface area contributed by atoms with Gasteiger partial charge in [-0.2, -0.15) is 5.10 Å². The quantitative estimate of drug-likeness (QED) is 0.679. The molecule has 1 aromatic heterocycles. The van der Waals surface area contributed by atoms with E-state index in [9.17, 15) is 4.79 Å². The number of rotatable bonds is 3. The molecule has 0 fully saturated rings. The number of hydrazone groups is 1. The van der Waals surface area contributed by atoms with Gasteiger partial charge in [0.15, 0.2) is 0 Å². The van der Waals surface area contributed by atoms with Crippen LogP contribution in [0.5, 0.6) is 0 Å². The molecule has 1 amide bonds. The first-order valence-corrected chi connectivity index (χ1v) is 8.70. The van der Waals surface area contributed by atoms with Gasteiger partial charge in [0, 0.05) is 12.0 Å². The van der Waals surface area contributed by atoms with Crippen LogP contribution in [0.4, 0.5) is 0 Å². The Hall–Kier alpha value is -3.14. The number of benzene rings is 2. The molecule has 4 heteroatoms. The van der Waals surface area contributed by atoms with Crippen molar-refractivity contribution in [2.75, 3.05) is 0 Å². The number of furan rings is 1. The molecule has 0 radical (unpaired) electrons. The number of nitrogens with zero attached hydrogens (tertiary/aromatic N) is 2. The highest BCUT2D eigenvalue weighted by Crippen LogP contribution is 2.34. The van der Waals surface area contributed by atoms with Crippen LogP contribution in [0.2, 0.25) is 0 Å². The summed E-state index contributed by atoms with van der Waals surface area (Å²) in [6, 6.07) is 19.3. The van der Waals surface area contributed by atoms with E-state index in [-0.39, 0.29) is 11.9 Å². The molecule has 4 rings (SSSR count). The first-order chi connectivity index (χ1) is 12.6. The van der Waals surface area contributed by atoms with Crippen molar-refractivity contribution in [1.29, 1.82) is 0 Å². The van der Waals surface area contributed by atoms with Crippen LogP contribution in [0.3, 0.4) is 0 Å². The van der Waals surface area contributed by atoms with Crippen molar-refractivity contribution in [3.63, 3.8) is 0 Å². The zero-order valence-electron chi connectivity index (χ0n) is 14.8. The van der Waals surface area contributed by atoms with Crippen molar-refractivity contribution < 1.29 is 9.21 Å². The molecule has 0 saturated carbocycles. The highest BCUT2D eigenvalue weighted by molar-refractivity contribution is 6.05. The fourth-order valence-corrected chi connectivity index (χ4v) is 3.26. The van der Waals surface area contributed by atoms with Crippen LogP contribution >= 0.6 is 0 Å². The normalized spacial score (nSPS) is 16.6. The van der Waals surface area contributed by atoms with E-state index in [0.29, 0.717) is 12.0 Å². The van der Waals surface area contributed by atoms with Crippen LogP contribution in [0.25, 0.3) is 0 Å². The Morgan fingerprint density at radius 1 is 1.04 bits per heavy atom. The summed E-state index contributed by atoms with van der Waals surface area (Å²) in [5.74, 6) is 0.643. The second kappa shape index (κ2) is 6.64. The molecule has 4 nitrogen and oxygen atoms in total. The van der Waals surface area contributed by atoms with Crippen LogP contribution in [0.1, 0.15) is 45.3 Å². The first kappa shape index (κ1) is 16.3. The molecule has 2 aromatic carbocycles. The number of carbonyl (C=O) groups is 1. The van der Waals surface area contributed by atoms with Crippen molar-refractivity contribution in [3.05, 3.63) is 94.9 Å². The van der Waals surface area contributed by atoms with E-state index in [4.69, 9.17) is 4.42 Å². The number of hydrogen-bond acceptors (Lipinski definition) is 3. The second-order valence-electron chi connectivity index (χ2n) is 6.61. The number of amides is 1. The minimum Gasteiger partial charge on any atom is -0.467 e. The minimum atomic E-state index is -0.228. The van der Waals surface area contributed by atoms with Gasteiger partial charge in [0.2, 0.25) is 0 Å². The van der Waals surface area contributed by atoms with Crippen LogP contribution in [0.15, 0.2) is 76.4 Å². The van der Waals surface area contributed by atoms with Gasteiger partial charge < -0.3 is 4.42 Å². The van der Waals surface area contributed by atoms with Crippen LogP contribution < -0.4 is 0 Å². The maximum absolute atomic E-state index is 13.2. The standard InChI is InChI=1S/C22H20N2O2/c1-15-9-11-17(12-10-15)19-14-20(21-8-5-13-26-21)24(23-19)22(25)18-7-4-3-6-16(18)2/h3-13,20H,14H2,1-2H3/t20-/m0/s1. The molecule has 1 atom stereocenters. The second-order valence-corrected chi connectivity index (χ2v) is 6.61. The molecular weight excluding hydrogens is 324 g/mol. The Morgan fingerprint density at radius 3 is 2.50 bits per heavy atom. The molecule has 1 aliphatic heterocycles. The average molecular weight is 344 g/mol. The van der Waals surface area contributed by atoms with E-state index in [2.05, 4.69) is 36.3 Å². The predicted molar refractivity (Wildman–Crippen MR) is 101 cm³/mol. The van der Waals surface area contributed by atoms with Crippen LogP contribution in [-0.4, -0.2) is 16.6 Å². The van der Waals surface area contributed by atoms with Gasteiger partial charge in [0.1, 0.15) is 11.8 Å². The van der Waals surface area contributed by atoms with Crippen LogP contribution in [-0.2, 0) is 0 Å². The lowest BCUT2D eigenvalue weighted by molar-refractivity contribution is 0.0692. The fourth-order valence-electron chi connectivity index (χ4n) is 3.26. The number of aryl methyl sites for hydroxylation is 2. The third-order valence-electron chi connectivity index (χ3n) is 4.75. The smallest absolute Gasteiger partial charge is 0.274 e. The van der Waals surface area contributed by atoms with Gasteiger partial charge >= 0.3 is 0 Å². The van der Waals surface area contributed by atoms with Gasteiger partial charge in [-0.05, 0) is 43.2 Å². The predicted octanol–water partition coefficient (Wildman–Crippen LogP) is 4.89. The van der Waals surface area contributed by atoms with E-state index < -0.39 is 0 Å². The molecule has 0 N–H and O–H groups in total. The Kier molecular flexibility index (Phi) is 4.17. The van der Waals surface area contributed by atoms with Crippen molar-refractivity contribution in [3.8, 4) is 0 Å². The average Bonchev–Trinajstić information content (AvgIpc) is 3.32. The molecule has 26 heavy (non-hydrogen) atoms. The Labute approximate surface area is 152 Å². The highest BCUT2D eigenvalue weighted by Gasteiger charge is 2.35. The Balaban J connectivity index is 1.73. The van der Waals surface area contributed by atoms with Crippen LogP contribution in [0, 0.1) is 13.8 Å². The lowest BCUT2D eigenvalue weighted by Gasteiger charge is -2.20. The fraction of sp³-hybridized carbons (Fsp3) is 0.182. The lowest BCUT2D eigenvalue weighted by Crippen LogP contribution is -2.27. The van der Waals surface area contributed by atoms with Gasteiger partial charge in [0.25, 0.3) is 5.91 Å². The van der Waals surface area contributed by atoms with Gasteiger partial charge in [-0.3, -0.25) is 4.79 Å². The molecule has 0 bridgehead atoms. The molecule has 3 aromatic rings. The maximum Gasteiger partial charge on any atom is 0.274 e. The summed E-state index contributed by atoms with van der Waals surface area (Å²) < 4.78 is 5.60. The molecule has 0 spiro atoms. The van der Waals surface area contributed by atoms with E-state index in [1.165, 1.54) is 5.56 Å². The maximum atomic E-state index is 13.2. The summed E-state index contributed by atoms with van der Waals surface area (Å²) in [4.78, 5) is 13.2. The van der Waals surface area contributed by atoms with Crippen molar-refractivity contribution >= 4 is 11.6 Å². The third kappa shape index (κ3) is 2.94. The third-order valence-corrected chi connectivity index (χ3v) is 4.75. The molecule has 0 unspecified atom stereocenters. The van der Waals surface area contributed by atoms with Gasteiger partial charge in [-0.15, -0.1) is 0 Å². The minimum absolute atomic E-state index is 0.105. The SMILES string of the molecule is Cc1ccc(C2=NN(C(=O)c3ccccc3C)[C@H](c3ccco3)C2)cc1. The molecule has 0 aliphatic carbocycles. The largest absolute Gasteiger partial charge is 0.467 e. The molecule has 0 saturated heterocycles. The number of hydrogen-bond donors (Lipinski definition) is 0. The van der Waals surface area contributed by atoms with Gasteiger partial charge in [-0.1, -0.05) is 48.0 Å². The van der Waals surface area contributed by atoms with Crippen molar-refractivity contribution in [2.45, 2.75) is 26.3 Å². The number of carbonyl (C=O) groups excluding carboxylic acids is 1. The first-order valence-electron chi connectivity index (χ1n) is 8.70. The Morgan fingerprint density at radius 2 is 1.81 bits per heavy atom. The Bertz CT molecular complexity index is 956. The van der Waals surface area contributed by atoms with E-state index in [0.717, 1.165) is 22.6 Å². The molecule has 2 heterocycles. The topological polar surface area (TPSA) is 45.8 Å². The summed E-state index contributed by atoms with van der Waals surface area (Å²) in [5, 5.41) is 6.25. The van der Waals surface area contributed by atoms with E-state index in [1.807, 2.05) is 43.3 Å². The van der Waals surface area contributed by atoms with Gasteiger partial charge in [0.05, 0.1) is 12.0 Å². The molecule has 1 aliphatic rings. The zero-order valence-corrected chi connectivity index (χ0v) is 14.8. The molecular formula is C22H20N2O2. The zero-order chi connectivity index (χ0) is 18.1. The van der Waals surface area contributed by atoms with E-state index >= 15 is 0 Å². The summed E-state index contributed by atoms with van der Waals surface area (Å²) in [6.07, 6.45) is 2.27. The summed E-state index contributed by atoms with van der Waals surface area (Å²) in [6.45, 7) is 4.00. The van der Waals surface area contributed by atoms with Gasteiger partial charge in [-0.25, -0.2) is 5.01 Å². The lowest BCUT2D eigenvalue weighted by atomic mass is 10.0. The van der Waals surface area contributed by atoms with E-state index in [1.54, 1.807) is 11.3 Å². The monoisotopic (exact) mass is 344 g/mol.